The fraction of sp³-hybridized carbons (Fsp3) is 0.800. The highest BCUT2D eigenvalue weighted by molar-refractivity contribution is 7.71. The Balaban J connectivity index is 2.23. The fourth-order valence-electron chi connectivity index (χ4n) is 1.97. The molecule has 1 aromatic rings. The molecule has 2 atom stereocenters. The third-order valence-corrected chi connectivity index (χ3v) is 3.26. The van der Waals surface area contributed by atoms with E-state index in [0.29, 0.717) is 23.8 Å². The lowest BCUT2D eigenvalue weighted by Gasteiger charge is -2.15. The van der Waals surface area contributed by atoms with E-state index in [-0.39, 0.29) is 6.10 Å². The zero-order chi connectivity index (χ0) is 11.5. The van der Waals surface area contributed by atoms with Crippen LogP contribution < -0.4 is 0 Å². The van der Waals surface area contributed by atoms with Gasteiger partial charge in [0.1, 0.15) is 6.10 Å². The Morgan fingerprint density at radius 3 is 3.12 bits per heavy atom. The SMILES string of the molecule is COCCn1c(C2OCCC2C)n[nH]c1=S. The molecule has 1 saturated heterocycles. The highest BCUT2D eigenvalue weighted by Gasteiger charge is 2.30. The molecule has 5 nitrogen and oxygen atoms in total. The van der Waals surface area contributed by atoms with Crippen LogP contribution in [0.3, 0.4) is 0 Å². The summed E-state index contributed by atoms with van der Waals surface area (Å²) < 4.78 is 13.4. The van der Waals surface area contributed by atoms with Crippen LogP contribution in [0.15, 0.2) is 0 Å². The maximum absolute atomic E-state index is 5.69. The molecule has 16 heavy (non-hydrogen) atoms. The van der Waals surface area contributed by atoms with Crippen LogP contribution in [0, 0.1) is 10.7 Å². The maximum atomic E-state index is 5.69. The van der Waals surface area contributed by atoms with Gasteiger partial charge in [-0.3, -0.25) is 9.67 Å². The number of nitrogens with one attached hydrogen (secondary N) is 1. The van der Waals surface area contributed by atoms with E-state index in [9.17, 15) is 0 Å². The molecule has 0 bridgehead atoms. The Morgan fingerprint density at radius 1 is 1.69 bits per heavy atom. The van der Waals surface area contributed by atoms with Gasteiger partial charge in [-0.2, -0.15) is 5.10 Å². The van der Waals surface area contributed by atoms with E-state index >= 15 is 0 Å². The van der Waals surface area contributed by atoms with Crippen molar-refractivity contribution in [1.29, 1.82) is 0 Å². The van der Waals surface area contributed by atoms with Gasteiger partial charge in [-0.05, 0) is 24.6 Å². The molecular weight excluding hydrogens is 226 g/mol. The van der Waals surface area contributed by atoms with Gasteiger partial charge >= 0.3 is 0 Å². The first-order valence-corrected chi connectivity index (χ1v) is 5.90. The summed E-state index contributed by atoms with van der Waals surface area (Å²) >= 11 is 5.19. The lowest BCUT2D eigenvalue weighted by Crippen LogP contribution is -2.15. The van der Waals surface area contributed by atoms with E-state index in [0.717, 1.165) is 18.9 Å². The van der Waals surface area contributed by atoms with Crippen molar-refractivity contribution in [2.75, 3.05) is 20.3 Å². The number of aromatic nitrogens is 3. The molecule has 90 valence electrons. The van der Waals surface area contributed by atoms with Crippen LogP contribution in [-0.4, -0.2) is 35.1 Å². The standard InChI is InChI=1S/C10H17N3O2S/c1-7-3-5-15-8(7)9-11-12-10(16)13(9)4-6-14-2/h7-8H,3-6H2,1-2H3,(H,12,16). The van der Waals surface area contributed by atoms with Gasteiger partial charge in [0.15, 0.2) is 10.6 Å². The van der Waals surface area contributed by atoms with E-state index in [1.807, 2.05) is 4.57 Å². The lowest BCUT2D eigenvalue weighted by molar-refractivity contribution is 0.0820. The second-order valence-electron chi connectivity index (χ2n) is 4.09. The van der Waals surface area contributed by atoms with E-state index in [2.05, 4.69) is 17.1 Å². The van der Waals surface area contributed by atoms with E-state index < -0.39 is 0 Å². The Labute approximate surface area is 99.8 Å². The first-order valence-electron chi connectivity index (χ1n) is 5.49. The maximum Gasteiger partial charge on any atom is 0.195 e. The zero-order valence-electron chi connectivity index (χ0n) is 9.60. The monoisotopic (exact) mass is 243 g/mol. The molecule has 0 aliphatic carbocycles. The average molecular weight is 243 g/mol. The summed E-state index contributed by atoms with van der Waals surface area (Å²) in [5.41, 5.74) is 0. The molecule has 1 N–H and O–H groups in total. The summed E-state index contributed by atoms with van der Waals surface area (Å²) in [5.74, 6) is 1.39. The van der Waals surface area contributed by atoms with Gasteiger partial charge in [0.2, 0.25) is 0 Å². The molecule has 1 aliphatic heterocycles. The lowest BCUT2D eigenvalue weighted by atomic mass is 10.0. The molecule has 2 rings (SSSR count). The number of aromatic amines is 1. The minimum absolute atomic E-state index is 0.0600. The molecular formula is C10H17N3O2S. The number of nitrogens with zero attached hydrogens (tertiary/aromatic N) is 2. The van der Waals surface area contributed by atoms with Crippen LogP contribution in [0.5, 0.6) is 0 Å². The van der Waals surface area contributed by atoms with E-state index in [1.54, 1.807) is 7.11 Å². The van der Waals surface area contributed by atoms with Crippen LogP contribution in [0.2, 0.25) is 0 Å². The van der Waals surface area contributed by atoms with E-state index in [1.165, 1.54) is 0 Å². The number of rotatable bonds is 4. The van der Waals surface area contributed by atoms with Crippen molar-refractivity contribution in [2.45, 2.75) is 26.0 Å². The number of H-pyrrole nitrogens is 1. The summed E-state index contributed by atoms with van der Waals surface area (Å²) in [6.45, 7) is 4.32. The van der Waals surface area contributed by atoms with Crippen molar-refractivity contribution >= 4 is 12.2 Å². The van der Waals surface area contributed by atoms with Crippen molar-refractivity contribution in [1.82, 2.24) is 14.8 Å². The molecule has 2 heterocycles. The summed E-state index contributed by atoms with van der Waals surface area (Å²) in [7, 11) is 1.68. The highest BCUT2D eigenvalue weighted by Crippen LogP contribution is 2.32. The van der Waals surface area contributed by atoms with Crippen LogP contribution >= 0.6 is 12.2 Å². The minimum atomic E-state index is 0.0600. The molecule has 2 unspecified atom stereocenters. The Morgan fingerprint density at radius 2 is 2.50 bits per heavy atom. The summed E-state index contributed by atoms with van der Waals surface area (Å²) in [6, 6.07) is 0. The Hall–Kier alpha value is -0.720. The van der Waals surface area contributed by atoms with Gasteiger partial charge in [0, 0.05) is 13.7 Å². The van der Waals surface area contributed by atoms with Crippen molar-refractivity contribution in [3.05, 3.63) is 10.6 Å². The largest absolute Gasteiger partial charge is 0.383 e. The topological polar surface area (TPSA) is 52.1 Å². The number of methoxy groups -OCH3 is 1. The summed E-state index contributed by atoms with van der Waals surface area (Å²) in [6.07, 6.45) is 1.14. The minimum Gasteiger partial charge on any atom is -0.383 e. The first kappa shape index (κ1) is 11.8. The molecule has 0 spiro atoms. The van der Waals surface area contributed by atoms with Gasteiger partial charge in [-0.1, -0.05) is 6.92 Å². The predicted octanol–water partition coefficient (Wildman–Crippen LogP) is 1.68. The third-order valence-electron chi connectivity index (χ3n) is 2.95. The second kappa shape index (κ2) is 5.07. The highest BCUT2D eigenvalue weighted by atomic mass is 32.1. The van der Waals surface area contributed by atoms with Crippen molar-refractivity contribution in [3.63, 3.8) is 0 Å². The van der Waals surface area contributed by atoms with Gasteiger partial charge in [-0.15, -0.1) is 0 Å². The second-order valence-corrected chi connectivity index (χ2v) is 4.48. The fourth-order valence-corrected chi connectivity index (χ4v) is 2.20. The third kappa shape index (κ3) is 2.18. The van der Waals surface area contributed by atoms with Gasteiger partial charge < -0.3 is 9.47 Å². The predicted molar refractivity (Wildman–Crippen MR) is 61.8 cm³/mol. The van der Waals surface area contributed by atoms with Crippen LogP contribution in [0.4, 0.5) is 0 Å². The number of hydrogen-bond donors (Lipinski definition) is 1. The van der Waals surface area contributed by atoms with Crippen LogP contribution in [-0.2, 0) is 16.0 Å². The summed E-state index contributed by atoms with van der Waals surface area (Å²) in [4.78, 5) is 0. The molecule has 1 aliphatic rings. The van der Waals surface area contributed by atoms with Crippen LogP contribution in [0.1, 0.15) is 25.3 Å². The molecule has 1 fully saturated rings. The van der Waals surface area contributed by atoms with Crippen molar-refractivity contribution in [2.24, 2.45) is 5.92 Å². The van der Waals surface area contributed by atoms with Crippen molar-refractivity contribution in [3.8, 4) is 0 Å². The molecule has 0 saturated carbocycles. The summed E-state index contributed by atoms with van der Waals surface area (Å²) in [5, 5.41) is 7.09. The zero-order valence-corrected chi connectivity index (χ0v) is 10.4. The molecule has 1 aromatic heterocycles. The average Bonchev–Trinajstić information content (AvgIpc) is 2.82. The van der Waals surface area contributed by atoms with E-state index in [4.69, 9.17) is 21.7 Å². The molecule has 0 aromatic carbocycles. The molecule has 0 radical (unpaired) electrons. The smallest absolute Gasteiger partial charge is 0.195 e. The van der Waals surface area contributed by atoms with Crippen molar-refractivity contribution < 1.29 is 9.47 Å². The van der Waals surface area contributed by atoms with Crippen LogP contribution in [0.25, 0.3) is 0 Å². The Bertz CT molecular complexity index is 401. The Kier molecular flexibility index (Phi) is 3.73. The molecule has 6 heteroatoms. The normalized spacial score (nSPS) is 25.1. The van der Waals surface area contributed by atoms with Gasteiger partial charge in [-0.25, -0.2) is 0 Å². The number of ether oxygens (including phenoxy) is 2. The first-order chi connectivity index (χ1) is 7.74. The van der Waals surface area contributed by atoms with Gasteiger partial charge in [0.25, 0.3) is 0 Å². The quantitative estimate of drug-likeness (QED) is 0.818. The molecule has 0 amide bonds. The van der Waals surface area contributed by atoms with Gasteiger partial charge in [0.05, 0.1) is 13.2 Å². The number of hydrogen-bond acceptors (Lipinski definition) is 4.